The fourth-order valence-corrected chi connectivity index (χ4v) is 2.66. The number of ether oxygens (including phenoxy) is 3. The number of morpholine rings is 1. The van der Waals surface area contributed by atoms with Crippen molar-refractivity contribution in [3.05, 3.63) is 29.3 Å². The predicted octanol–water partition coefficient (Wildman–Crippen LogP) is 2.06. The Morgan fingerprint density at radius 2 is 2.00 bits per heavy atom. The maximum absolute atomic E-state index is 11.4. The van der Waals surface area contributed by atoms with E-state index >= 15 is 0 Å². The first-order valence-corrected chi connectivity index (χ1v) is 8.49. The highest BCUT2D eigenvalue weighted by atomic mass is 16.5. The van der Waals surface area contributed by atoms with E-state index in [-0.39, 0.29) is 5.56 Å². The molecule has 1 aromatic rings. The molecule has 1 aliphatic heterocycles. The highest BCUT2D eigenvalue weighted by Crippen LogP contribution is 2.22. The van der Waals surface area contributed by atoms with Crippen LogP contribution in [0.1, 0.15) is 28.8 Å². The third-order valence-electron chi connectivity index (χ3n) is 4.10. The first-order valence-electron chi connectivity index (χ1n) is 8.49. The summed E-state index contributed by atoms with van der Waals surface area (Å²) in [4.78, 5) is 13.7. The summed E-state index contributed by atoms with van der Waals surface area (Å²) in [6.07, 6.45) is 2.61. The lowest BCUT2D eigenvalue weighted by molar-refractivity contribution is 0.0384. The van der Waals surface area contributed by atoms with Gasteiger partial charge in [0, 0.05) is 33.4 Å². The molecule has 24 heavy (non-hydrogen) atoms. The molecule has 1 N–H and O–H groups in total. The monoisotopic (exact) mass is 337 g/mol. The molecule has 0 bridgehead atoms. The number of carbonyl (C=O) groups is 1. The normalized spacial score (nSPS) is 15.4. The van der Waals surface area contributed by atoms with E-state index in [0.29, 0.717) is 19.0 Å². The van der Waals surface area contributed by atoms with Crippen molar-refractivity contribution in [1.29, 1.82) is 0 Å². The zero-order chi connectivity index (χ0) is 17.2. The molecule has 0 aromatic heterocycles. The number of benzene rings is 1. The Balaban J connectivity index is 1.91. The van der Waals surface area contributed by atoms with Crippen LogP contribution in [-0.4, -0.2) is 69.1 Å². The molecule has 0 unspecified atom stereocenters. The van der Waals surface area contributed by atoms with Gasteiger partial charge in [0.2, 0.25) is 0 Å². The maximum Gasteiger partial charge on any atom is 0.339 e. The van der Waals surface area contributed by atoms with Gasteiger partial charge in [-0.15, -0.1) is 0 Å². The van der Waals surface area contributed by atoms with Gasteiger partial charge in [-0.2, -0.15) is 0 Å². The number of rotatable bonds is 10. The van der Waals surface area contributed by atoms with Gasteiger partial charge in [0.1, 0.15) is 11.3 Å². The molecule has 6 heteroatoms. The fraction of sp³-hybridized carbons (Fsp3) is 0.611. The van der Waals surface area contributed by atoms with E-state index < -0.39 is 5.97 Å². The number of carboxylic acid groups (broad SMARTS) is 1. The van der Waals surface area contributed by atoms with Gasteiger partial charge in [-0.05, 0) is 37.0 Å². The molecule has 0 spiro atoms. The third-order valence-corrected chi connectivity index (χ3v) is 4.10. The smallest absolute Gasteiger partial charge is 0.339 e. The lowest BCUT2D eigenvalue weighted by Crippen LogP contribution is -2.37. The summed E-state index contributed by atoms with van der Waals surface area (Å²) in [5, 5.41) is 9.31. The van der Waals surface area contributed by atoms with Crippen LogP contribution >= 0.6 is 0 Å². The average Bonchev–Trinajstić information content (AvgIpc) is 2.60. The number of carboxylic acids is 1. The Kier molecular flexibility index (Phi) is 8.01. The lowest BCUT2D eigenvalue weighted by Gasteiger charge is -2.26. The molecule has 1 aliphatic rings. The minimum absolute atomic E-state index is 0.219. The molecule has 6 nitrogen and oxygen atoms in total. The number of aromatic carboxylic acids is 1. The van der Waals surface area contributed by atoms with Crippen LogP contribution in [0.4, 0.5) is 0 Å². The van der Waals surface area contributed by atoms with Crippen molar-refractivity contribution < 1.29 is 24.1 Å². The van der Waals surface area contributed by atoms with Gasteiger partial charge in [0.05, 0.1) is 19.8 Å². The number of unbranched alkanes of at least 4 members (excludes halogenated alkanes) is 1. The van der Waals surface area contributed by atoms with E-state index in [1.165, 1.54) is 0 Å². The quantitative estimate of drug-likeness (QED) is 0.659. The molecule has 1 fully saturated rings. The number of hydrogen-bond donors (Lipinski definition) is 1. The molecular weight excluding hydrogens is 310 g/mol. The fourth-order valence-electron chi connectivity index (χ4n) is 2.66. The van der Waals surface area contributed by atoms with Crippen molar-refractivity contribution in [3.63, 3.8) is 0 Å². The Morgan fingerprint density at radius 3 is 2.71 bits per heavy atom. The number of hydrogen-bond acceptors (Lipinski definition) is 5. The van der Waals surface area contributed by atoms with Crippen LogP contribution in [0.15, 0.2) is 18.2 Å². The van der Waals surface area contributed by atoms with Gasteiger partial charge in [-0.1, -0.05) is 6.07 Å². The van der Waals surface area contributed by atoms with Gasteiger partial charge in [0.25, 0.3) is 0 Å². The first-order chi connectivity index (χ1) is 11.7. The third kappa shape index (κ3) is 6.11. The van der Waals surface area contributed by atoms with Crippen molar-refractivity contribution >= 4 is 5.97 Å². The molecule has 0 aliphatic carbocycles. The Bertz CT molecular complexity index is 514. The second kappa shape index (κ2) is 10.3. The largest absolute Gasteiger partial charge is 0.493 e. The summed E-state index contributed by atoms with van der Waals surface area (Å²) in [6.45, 7) is 5.61. The molecule has 0 amide bonds. The highest BCUT2D eigenvalue weighted by Gasteiger charge is 2.14. The SMILES string of the molecule is COCCCCOc1cc(CCN2CCOCC2)ccc1C(=O)O. The van der Waals surface area contributed by atoms with Gasteiger partial charge < -0.3 is 19.3 Å². The first kappa shape index (κ1) is 18.7. The zero-order valence-electron chi connectivity index (χ0n) is 14.3. The van der Waals surface area contributed by atoms with Crippen LogP contribution < -0.4 is 4.74 Å². The zero-order valence-corrected chi connectivity index (χ0v) is 14.3. The molecule has 1 heterocycles. The van der Waals surface area contributed by atoms with Gasteiger partial charge >= 0.3 is 5.97 Å². The summed E-state index contributed by atoms with van der Waals surface area (Å²) in [7, 11) is 1.67. The Hall–Kier alpha value is -1.63. The van der Waals surface area contributed by atoms with E-state index in [1.54, 1.807) is 13.2 Å². The van der Waals surface area contributed by atoms with Crippen LogP contribution in [-0.2, 0) is 15.9 Å². The number of methoxy groups -OCH3 is 1. The molecule has 0 saturated carbocycles. The maximum atomic E-state index is 11.4. The molecule has 134 valence electrons. The van der Waals surface area contributed by atoms with Crippen molar-refractivity contribution in [2.45, 2.75) is 19.3 Å². The highest BCUT2D eigenvalue weighted by molar-refractivity contribution is 5.91. The van der Waals surface area contributed by atoms with Gasteiger partial charge in [-0.3, -0.25) is 4.90 Å². The van der Waals surface area contributed by atoms with Crippen molar-refractivity contribution in [1.82, 2.24) is 4.90 Å². The van der Waals surface area contributed by atoms with Crippen molar-refractivity contribution in [2.75, 3.05) is 53.2 Å². The van der Waals surface area contributed by atoms with E-state index in [2.05, 4.69) is 4.90 Å². The molecular formula is C18H27NO5. The predicted molar refractivity (Wildman–Crippen MR) is 91.0 cm³/mol. The van der Waals surface area contributed by atoms with Crippen molar-refractivity contribution in [3.8, 4) is 5.75 Å². The molecule has 1 aromatic carbocycles. The second-order valence-corrected chi connectivity index (χ2v) is 5.89. The standard InChI is InChI=1S/C18H27NO5/c1-22-10-2-3-11-24-17-14-15(4-5-16(17)18(20)21)6-7-19-8-12-23-13-9-19/h4-5,14H,2-3,6-13H2,1H3,(H,20,21). The second-order valence-electron chi connectivity index (χ2n) is 5.89. The Labute approximate surface area is 143 Å². The minimum atomic E-state index is -0.957. The van der Waals surface area contributed by atoms with E-state index in [0.717, 1.165) is 57.7 Å². The van der Waals surface area contributed by atoms with E-state index in [4.69, 9.17) is 14.2 Å². The summed E-state index contributed by atoms with van der Waals surface area (Å²) >= 11 is 0. The molecule has 0 atom stereocenters. The summed E-state index contributed by atoms with van der Waals surface area (Å²) in [5.74, 6) is -0.499. The Morgan fingerprint density at radius 1 is 1.25 bits per heavy atom. The minimum Gasteiger partial charge on any atom is -0.493 e. The van der Waals surface area contributed by atoms with Gasteiger partial charge in [0.15, 0.2) is 0 Å². The van der Waals surface area contributed by atoms with Gasteiger partial charge in [-0.25, -0.2) is 4.79 Å². The van der Waals surface area contributed by atoms with Crippen LogP contribution in [0.25, 0.3) is 0 Å². The van der Waals surface area contributed by atoms with E-state index in [1.807, 2.05) is 12.1 Å². The molecule has 0 radical (unpaired) electrons. The number of nitrogens with zero attached hydrogens (tertiary/aromatic N) is 1. The summed E-state index contributed by atoms with van der Waals surface area (Å²) in [5.41, 5.74) is 1.32. The van der Waals surface area contributed by atoms with Crippen LogP contribution in [0.5, 0.6) is 5.75 Å². The van der Waals surface area contributed by atoms with Crippen LogP contribution in [0.3, 0.4) is 0 Å². The average molecular weight is 337 g/mol. The lowest BCUT2D eigenvalue weighted by atomic mass is 10.1. The summed E-state index contributed by atoms with van der Waals surface area (Å²) in [6, 6.07) is 5.38. The van der Waals surface area contributed by atoms with Crippen molar-refractivity contribution in [2.24, 2.45) is 0 Å². The van der Waals surface area contributed by atoms with E-state index in [9.17, 15) is 9.90 Å². The molecule has 2 rings (SSSR count). The van der Waals surface area contributed by atoms with Crippen LogP contribution in [0, 0.1) is 0 Å². The topological polar surface area (TPSA) is 68.2 Å². The van der Waals surface area contributed by atoms with Crippen LogP contribution in [0.2, 0.25) is 0 Å². The molecule has 1 saturated heterocycles. The summed E-state index contributed by atoms with van der Waals surface area (Å²) < 4.78 is 16.1.